The summed E-state index contributed by atoms with van der Waals surface area (Å²) in [5, 5.41) is 8.46. The average Bonchev–Trinajstić information content (AvgIpc) is 2.61. The van der Waals surface area contributed by atoms with Crippen LogP contribution >= 0.6 is 0 Å². The minimum absolute atomic E-state index is 0.203. The lowest BCUT2D eigenvalue weighted by atomic mass is 10.2. The molecule has 68 valence electrons. The van der Waals surface area contributed by atoms with Gasteiger partial charge in [-0.2, -0.15) is 5.10 Å². The van der Waals surface area contributed by atoms with Crippen molar-refractivity contribution in [2.24, 2.45) is 0 Å². The van der Waals surface area contributed by atoms with E-state index < -0.39 is 0 Å². The van der Waals surface area contributed by atoms with Crippen molar-refractivity contribution in [3.05, 3.63) is 47.0 Å². The molecule has 0 aliphatic heterocycles. The molecular formula is C10H7N3O. The van der Waals surface area contributed by atoms with E-state index in [1.165, 1.54) is 4.40 Å². The molecule has 0 bridgehead atoms. The van der Waals surface area contributed by atoms with Gasteiger partial charge in [0.15, 0.2) is 5.65 Å². The van der Waals surface area contributed by atoms with Gasteiger partial charge in [0, 0.05) is 11.6 Å². The van der Waals surface area contributed by atoms with E-state index in [0.717, 1.165) is 10.8 Å². The smallest absolute Gasteiger partial charge is 0.250 e. The summed E-state index contributed by atoms with van der Waals surface area (Å²) in [5.74, 6) is 0. The number of nitrogens with one attached hydrogen (secondary N) is 1. The lowest BCUT2D eigenvalue weighted by Gasteiger charge is -1.97. The molecule has 0 amide bonds. The first kappa shape index (κ1) is 7.32. The maximum Gasteiger partial charge on any atom is 0.347 e. The molecule has 4 heteroatoms. The van der Waals surface area contributed by atoms with Crippen LogP contribution in [-0.4, -0.2) is 14.6 Å². The summed E-state index contributed by atoms with van der Waals surface area (Å²) in [7, 11) is 0. The van der Waals surface area contributed by atoms with Gasteiger partial charge in [-0.1, -0.05) is 24.3 Å². The lowest BCUT2D eigenvalue weighted by Crippen LogP contribution is -2.08. The Balaban J connectivity index is 2.68. The van der Waals surface area contributed by atoms with Gasteiger partial charge in [-0.3, -0.25) is 0 Å². The Labute approximate surface area is 78.8 Å². The molecule has 0 aliphatic rings. The molecule has 0 fully saturated rings. The molecule has 0 atom stereocenters. The van der Waals surface area contributed by atoms with E-state index in [1.807, 2.05) is 30.3 Å². The van der Waals surface area contributed by atoms with E-state index in [2.05, 4.69) is 10.2 Å². The van der Waals surface area contributed by atoms with E-state index >= 15 is 0 Å². The predicted molar refractivity (Wildman–Crippen MR) is 53.3 cm³/mol. The normalized spacial score (nSPS) is 11.1. The zero-order valence-corrected chi connectivity index (χ0v) is 7.27. The number of fused-ring (bicyclic) bond motifs is 3. The molecule has 3 aromatic rings. The molecule has 0 aliphatic carbocycles. The fourth-order valence-electron chi connectivity index (χ4n) is 1.63. The summed E-state index contributed by atoms with van der Waals surface area (Å²) < 4.78 is 1.50. The van der Waals surface area contributed by atoms with Crippen molar-refractivity contribution in [1.29, 1.82) is 0 Å². The van der Waals surface area contributed by atoms with Crippen LogP contribution < -0.4 is 5.69 Å². The predicted octanol–water partition coefficient (Wildman–Crippen LogP) is 1.18. The first-order valence-electron chi connectivity index (χ1n) is 4.31. The molecule has 3 rings (SSSR count). The van der Waals surface area contributed by atoms with Gasteiger partial charge in [0.25, 0.3) is 0 Å². The molecule has 2 heterocycles. The molecule has 4 nitrogen and oxygen atoms in total. The minimum Gasteiger partial charge on any atom is -0.250 e. The molecule has 1 aromatic carbocycles. The maximum absolute atomic E-state index is 11.3. The summed E-state index contributed by atoms with van der Waals surface area (Å²) in [6, 6.07) is 9.74. The van der Waals surface area contributed by atoms with Gasteiger partial charge in [-0.25, -0.2) is 14.3 Å². The van der Waals surface area contributed by atoms with Gasteiger partial charge in [-0.15, -0.1) is 0 Å². The second-order valence-corrected chi connectivity index (χ2v) is 3.13. The number of aromatic amines is 1. The Kier molecular flexibility index (Phi) is 1.28. The number of nitrogens with zero attached hydrogens (tertiary/aromatic N) is 2. The van der Waals surface area contributed by atoms with E-state index in [4.69, 9.17) is 0 Å². The van der Waals surface area contributed by atoms with Crippen LogP contribution in [0.15, 0.2) is 41.3 Å². The molecule has 0 spiro atoms. The summed E-state index contributed by atoms with van der Waals surface area (Å²) in [6.07, 6.45) is 1.73. The Bertz CT molecular complexity index is 665. The highest BCUT2D eigenvalue weighted by Gasteiger charge is 2.02. The lowest BCUT2D eigenvalue weighted by molar-refractivity contribution is 1.02. The third-order valence-corrected chi connectivity index (χ3v) is 2.31. The van der Waals surface area contributed by atoms with Crippen molar-refractivity contribution in [3.8, 4) is 0 Å². The number of aromatic nitrogens is 3. The topological polar surface area (TPSA) is 50.2 Å². The summed E-state index contributed by atoms with van der Waals surface area (Å²) >= 11 is 0. The number of hydrogen-bond donors (Lipinski definition) is 1. The monoisotopic (exact) mass is 185 g/mol. The molecule has 0 radical (unpaired) electrons. The first-order valence-corrected chi connectivity index (χ1v) is 4.31. The van der Waals surface area contributed by atoms with Crippen LogP contribution in [0, 0.1) is 0 Å². The van der Waals surface area contributed by atoms with E-state index in [1.54, 1.807) is 6.20 Å². The first-order chi connectivity index (χ1) is 6.86. The third-order valence-electron chi connectivity index (χ3n) is 2.31. The fourth-order valence-corrected chi connectivity index (χ4v) is 1.63. The van der Waals surface area contributed by atoms with Crippen LogP contribution in [0.4, 0.5) is 0 Å². The zero-order chi connectivity index (χ0) is 9.54. The second kappa shape index (κ2) is 2.45. The number of pyridine rings is 1. The molecule has 0 saturated carbocycles. The van der Waals surface area contributed by atoms with Crippen LogP contribution in [0.3, 0.4) is 0 Å². The van der Waals surface area contributed by atoms with Crippen molar-refractivity contribution in [1.82, 2.24) is 14.6 Å². The van der Waals surface area contributed by atoms with Crippen LogP contribution in [0.25, 0.3) is 16.4 Å². The number of hydrogen-bond acceptors (Lipinski definition) is 2. The quantitative estimate of drug-likeness (QED) is 0.571. The van der Waals surface area contributed by atoms with Crippen LogP contribution in [0.1, 0.15) is 0 Å². The highest BCUT2D eigenvalue weighted by atomic mass is 16.1. The van der Waals surface area contributed by atoms with Crippen molar-refractivity contribution < 1.29 is 0 Å². The molecule has 1 N–H and O–H groups in total. The summed E-state index contributed by atoms with van der Waals surface area (Å²) in [5.41, 5.74) is 0.471. The van der Waals surface area contributed by atoms with E-state index in [-0.39, 0.29) is 5.69 Å². The number of benzene rings is 1. The van der Waals surface area contributed by atoms with Crippen molar-refractivity contribution in [2.75, 3.05) is 0 Å². The Morgan fingerprint density at radius 1 is 1.21 bits per heavy atom. The highest BCUT2D eigenvalue weighted by molar-refractivity contribution is 5.93. The van der Waals surface area contributed by atoms with Gasteiger partial charge >= 0.3 is 5.69 Å². The summed E-state index contributed by atoms with van der Waals surface area (Å²) in [6.45, 7) is 0. The Hall–Kier alpha value is -2.10. The van der Waals surface area contributed by atoms with Crippen LogP contribution in [-0.2, 0) is 0 Å². The zero-order valence-electron chi connectivity index (χ0n) is 7.27. The van der Waals surface area contributed by atoms with Gasteiger partial charge in [-0.05, 0) is 11.5 Å². The largest absolute Gasteiger partial charge is 0.347 e. The van der Waals surface area contributed by atoms with Gasteiger partial charge in [0.1, 0.15) is 0 Å². The number of H-pyrrole nitrogens is 1. The maximum atomic E-state index is 11.3. The standard InChI is InChI=1S/C10H7N3O/c14-10-12-11-9-8-4-2-1-3-7(8)5-6-13(9)10/h1-6H,(H,12,14). The SMILES string of the molecule is O=c1[nH]nc2c3ccccc3ccn12. The number of rotatable bonds is 0. The van der Waals surface area contributed by atoms with Gasteiger partial charge < -0.3 is 0 Å². The van der Waals surface area contributed by atoms with Gasteiger partial charge in [0.05, 0.1) is 0 Å². The minimum atomic E-state index is -0.203. The Morgan fingerprint density at radius 2 is 2.07 bits per heavy atom. The third kappa shape index (κ3) is 0.821. The molecule has 2 aromatic heterocycles. The average molecular weight is 185 g/mol. The van der Waals surface area contributed by atoms with Crippen molar-refractivity contribution >= 4 is 16.4 Å². The molecule has 0 unspecified atom stereocenters. The van der Waals surface area contributed by atoms with Crippen LogP contribution in [0.2, 0.25) is 0 Å². The van der Waals surface area contributed by atoms with E-state index in [9.17, 15) is 4.79 Å². The molecular weight excluding hydrogens is 178 g/mol. The van der Waals surface area contributed by atoms with E-state index in [0.29, 0.717) is 5.65 Å². The van der Waals surface area contributed by atoms with Crippen molar-refractivity contribution in [2.45, 2.75) is 0 Å². The van der Waals surface area contributed by atoms with Crippen molar-refractivity contribution in [3.63, 3.8) is 0 Å². The van der Waals surface area contributed by atoms with Crippen LogP contribution in [0.5, 0.6) is 0 Å². The van der Waals surface area contributed by atoms with Gasteiger partial charge in [0.2, 0.25) is 0 Å². The fraction of sp³-hybridized carbons (Fsp3) is 0. The molecule has 0 saturated heterocycles. The summed E-state index contributed by atoms with van der Waals surface area (Å²) in [4.78, 5) is 11.3. The highest BCUT2D eigenvalue weighted by Crippen LogP contribution is 2.15. The Morgan fingerprint density at radius 3 is 3.00 bits per heavy atom. The second-order valence-electron chi connectivity index (χ2n) is 3.13. The molecule has 14 heavy (non-hydrogen) atoms.